The van der Waals surface area contributed by atoms with Gasteiger partial charge in [0.05, 0.1) is 24.3 Å². The predicted molar refractivity (Wildman–Crippen MR) is 143 cm³/mol. The molecule has 4 nitrogen and oxygen atoms in total. The van der Waals surface area contributed by atoms with Crippen LogP contribution in [-0.2, 0) is 11.2 Å². The monoisotopic (exact) mass is 483 g/mol. The van der Waals surface area contributed by atoms with Gasteiger partial charge in [-0.15, -0.1) is 0 Å². The average molecular weight is 484 g/mol. The van der Waals surface area contributed by atoms with Crippen LogP contribution in [0.15, 0.2) is 47.4 Å². The highest BCUT2D eigenvalue weighted by Gasteiger charge is 2.33. The van der Waals surface area contributed by atoms with Crippen LogP contribution in [0.1, 0.15) is 63.5 Å². The van der Waals surface area contributed by atoms with Crippen LogP contribution in [-0.4, -0.2) is 23.9 Å². The first-order chi connectivity index (χ1) is 16.1. The van der Waals surface area contributed by atoms with E-state index in [0.29, 0.717) is 21.6 Å². The number of unbranched alkanes of at least 4 members (excludes halogenated alkanes) is 5. The summed E-state index contributed by atoms with van der Waals surface area (Å²) in [7, 11) is 1.64. The molecule has 1 heterocycles. The van der Waals surface area contributed by atoms with Crippen LogP contribution in [0.3, 0.4) is 0 Å². The van der Waals surface area contributed by atoms with Crippen LogP contribution in [0.2, 0.25) is 0 Å². The fourth-order valence-corrected chi connectivity index (χ4v) is 4.98. The van der Waals surface area contributed by atoms with Crippen molar-refractivity contribution in [2.45, 2.75) is 58.8 Å². The molecule has 2 aromatic carbocycles. The maximum Gasteiger partial charge on any atom is 0.270 e. The molecule has 0 bridgehead atoms. The predicted octanol–water partition coefficient (Wildman–Crippen LogP) is 7.40. The zero-order chi connectivity index (χ0) is 23.6. The minimum Gasteiger partial charge on any atom is -0.493 e. The molecule has 33 heavy (non-hydrogen) atoms. The van der Waals surface area contributed by atoms with E-state index in [1.165, 1.54) is 49.4 Å². The molecule has 0 spiro atoms. The van der Waals surface area contributed by atoms with E-state index in [1.54, 1.807) is 12.0 Å². The highest BCUT2D eigenvalue weighted by atomic mass is 32.2. The molecule has 176 valence electrons. The number of anilines is 1. The summed E-state index contributed by atoms with van der Waals surface area (Å²) >= 11 is 6.82. The van der Waals surface area contributed by atoms with E-state index < -0.39 is 0 Å². The van der Waals surface area contributed by atoms with Gasteiger partial charge in [0, 0.05) is 0 Å². The number of ether oxygens (including phenoxy) is 2. The SMILES string of the molecule is CCCCCCCCOc1ccc(C=C2SC(=S)N(c3ccc(CC)cc3)C2=O)cc1OC. The number of aryl methyl sites for hydroxylation is 1. The second-order valence-corrected chi connectivity index (χ2v) is 9.74. The first kappa shape index (κ1) is 25.3. The van der Waals surface area contributed by atoms with Crippen molar-refractivity contribution in [3.8, 4) is 11.5 Å². The number of hydrogen-bond acceptors (Lipinski definition) is 5. The fraction of sp³-hybridized carbons (Fsp3) is 0.407. The van der Waals surface area contributed by atoms with Gasteiger partial charge in [0.15, 0.2) is 15.8 Å². The van der Waals surface area contributed by atoms with Crippen LogP contribution in [0.5, 0.6) is 11.5 Å². The van der Waals surface area contributed by atoms with Crippen LogP contribution in [0.4, 0.5) is 5.69 Å². The van der Waals surface area contributed by atoms with Crippen LogP contribution in [0.25, 0.3) is 6.08 Å². The maximum absolute atomic E-state index is 13.1. The number of carbonyl (C=O) groups excluding carboxylic acids is 1. The van der Waals surface area contributed by atoms with E-state index in [-0.39, 0.29) is 5.91 Å². The minimum atomic E-state index is -0.100. The van der Waals surface area contributed by atoms with Gasteiger partial charge in [0.25, 0.3) is 5.91 Å². The van der Waals surface area contributed by atoms with Crippen molar-refractivity contribution < 1.29 is 14.3 Å². The molecular formula is C27H33NO3S2. The van der Waals surface area contributed by atoms with Crippen molar-refractivity contribution in [1.82, 2.24) is 0 Å². The lowest BCUT2D eigenvalue weighted by atomic mass is 10.1. The molecule has 1 aliphatic heterocycles. The number of amides is 1. The van der Waals surface area contributed by atoms with Crippen LogP contribution >= 0.6 is 24.0 Å². The van der Waals surface area contributed by atoms with E-state index >= 15 is 0 Å². The molecule has 2 aromatic rings. The van der Waals surface area contributed by atoms with Gasteiger partial charge in [-0.2, -0.15) is 0 Å². The van der Waals surface area contributed by atoms with Gasteiger partial charge in [0.1, 0.15) is 0 Å². The second kappa shape index (κ2) is 12.8. The summed E-state index contributed by atoms with van der Waals surface area (Å²) in [6, 6.07) is 13.7. The molecule has 0 saturated carbocycles. The van der Waals surface area contributed by atoms with Crippen LogP contribution in [0, 0.1) is 0 Å². The molecule has 0 aromatic heterocycles. The van der Waals surface area contributed by atoms with E-state index in [9.17, 15) is 4.79 Å². The van der Waals surface area contributed by atoms with Gasteiger partial charge in [-0.05, 0) is 54.3 Å². The van der Waals surface area contributed by atoms with Gasteiger partial charge in [0.2, 0.25) is 0 Å². The molecule has 0 N–H and O–H groups in total. The van der Waals surface area contributed by atoms with E-state index in [0.717, 1.165) is 29.8 Å². The first-order valence-corrected chi connectivity index (χ1v) is 13.0. The lowest BCUT2D eigenvalue weighted by Gasteiger charge is -2.14. The molecular weight excluding hydrogens is 450 g/mol. The van der Waals surface area contributed by atoms with Crippen molar-refractivity contribution in [2.75, 3.05) is 18.6 Å². The molecule has 1 amide bonds. The van der Waals surface area contributed by atoms with Crippen molar-refractivity contribution in [2.24, 2.45) is 0 Å². The molecule has 1 aliphatic rings. The Morgan fingerprint density at radius 3 is 2.39 bits per heavy atom. The second-order valence-electron chi connectivity index (χ2n) is 8.06. The number of thioether (sulfide) groups is 1. The van der Waals surface area contributed by atoms with Gasteiger partial charge >= 0.3 is 0 Å². The molecule has 1 saturated heterocycles. The van der Waals surface area contributed by atoms with Gasteiger partial charge in [-0.1, -0.05) is 88.1 Å². The normalized spacial score (nSPS) is 14.9. The number of rotatable bonds is 12. The Morgan fingerprint density at radius 2 is 1.70 bits per heavy atom. The molecule has 3 rings (SSSR count). The summed E-state index contributed by atoms with van der Waals surface area (Å²) in [5, 5.41) is 0. The topological polar surface area (TPSA) is 38.8 Å². The summed E-state index contributed by atoms with van der Waals surface area (Å²) in [5.41, 5.74) is 2.90. The highest BCUT2D eigenvalue weighted by Crippen LogP contribution is 2.37. The number of carbonyl (C=O) groups is 1. The number of thiocarbonyl (C=S) groups is 1. The number of hydrogen-bond donors (Lipinski definition) is 0. The molecule has 0 unspecified atom stereocenters. The smallest absolute Gasteiger partial charge is 0.270 e. The Hall–Kier alpha value is -2.31. The summed E-state index contributed by atoms with van der Waals surface area (Å²) in [6.07, 6.45) is 10.2. The van der Waals surface area contributed by atoms with Gasteiger partial charge < -0.3 is 9.47 Å². The molecule has 6 heteroatoms. The summed E-state index contributed by atoms with van der Waals surface area (Å²) in [4.78, 5) is 15.3. The fourth-order valence-electron chi connectivity index (χ4n) is 3.68. The average Bonchev–Trinajstić information content (AvgIpc) is 3.11. The molecule has 1 fully saturated rings. The third-order valence-electron chi connectivity index (χ3n) is 5.64. The van der Waals surface area contributed by atoms with E-state index in [4.69, 9.17) is 21.7 Å². The molecule has 0 aliphatic carbocycles. The molecule has 0 atom stereocenters. The van der Waals surface area contributed by atoms with Crippen molar-refractivity contribution in [1.29, 1.82) is 0 Å². The maximum atomic E-state index is 13.1. The molecule has 0 radical (unpaired) electrons. The summed E-state index contributed by atoms with van der Waals surface area (Å²) in [6.45, 7) is 5.01. The number of nitrogens with zero attached hydrogens (tertiary/aromatic N) is 1. The highest BCUT2D eigenvalue weighted by molar-refractivity contribution is 8.27. The van der Waals surface area contributed by atoms with E-state index in [2.05, 4.69) is 13.8 Å². The Kier molecular flexibility index (Phi) is 9.82. The summed E-state index contributed by atoms with van der Waals surface area (Å²) < 4.78 is 12.0. The Morgan fingerprint density at radius 1 is 0.970 bits per heavy atom. The van der Waals surface area contributed by atoms with E-state index in [1.807, 2.05) is 48.5 Å². The Bertz CT molecular complexity index is 985. The van der Waals surface area contributed by atoms with Crippen molar-refractivity contribution >= 4 is 46.0 Å². The van der Waals surface area contributed by atoms with Crippen LogP contribution < -0.4 is 14.4 Å². The number of benzene rings is 2. The van der Waals surface area contributed by atoms with Crippen molar-refractivity contribution in [3.63, 3.8) is 0 Å². The first-order valence-electron chi connectivity index (χ1n) is 11.7. The lowest BCUT2D eigenvalue weighted by molar-refractivity contribution is -0.113. The Balaban J connectivity index is 1.65. The zero-order valence-corrected chi connectivity index (χ0v) is 21.4. The third kappa shape index (κ3) is 6.84. The minimum absolute atomic E-state index is 0.100. The number of methoxy groups -OCH3 is 1. The van der Waals surface area contributed by atoms with Gasteiger partial charge in [-0.3, -0.25) is 9.69 Å². The van der Waals surface area contributed by atoms with Crippen molar-refractivity contribution in [3.05, 3.63) is 58.5 Å². The third-order valence-corrected chi connectivity index (χ3v) is 6.94. The quantitative estimate of drug-likeness (QED) is 0.179. The summed E-state index contributed by atoms with van der Waals surface area (Å²) in [5.74, 6) is 1.30. The standard InChI is InChI=1S/C27H33NO3S2/c1-4-6-7-8-9-10-17-31-23-16-13-21(18-24(23)30-3)19-25-26(29)28(27(32)33-25)22-14-11-20(5-2)12-15-22/h11-16,18-19H,4-10,17H2,1-3H3. The Labute approximate surface area is 207 Å². The zero-order valence-electron chi connectivity index (χ0n) is 19.8. The van der Waals surface area contributed by atoms with Gasteiger partial charge in [-0.25, -0.2) is 0 Å². The lowest BCUT2D eigenvalue weighted by Crippen LogP contribution is -2.27. The largest absolute Gasteiger partial charge is 0.493 e.